The second kappa shape index (κ2) is 8.10. The highest BCUT2D eigenvalue weighted by Gasteiger charge is 2.20. The minimum atomic E-state index is -0.388. The average Bonchev–Trinajstić information content (AvgIpc) is 2.40. The van der Waals surface area contributed by atoms with E-state index in [1.165, 1.54) is 32.1 Å². The fraction of sp³-hybridized carbons (Fsp3) is 1.00. The number of ether oxygens (including phenoxy) is 3. The highest BCUT2D eigenvalue weighted by Crippen LogP contribution is 2.22. The van der Waals surface area contributed by atoms with E-state index in [9.17, 15) is 5.11 Å². The summed E-state index contributed by atoms with van der Waals surface area (Å²) >= 11 is 0. The molecule has 18 heavy (non-hydrogen) atoms. The van der Waals surface area contributed by atoms with Crippen LogP contribution in [-0.2, 0) is 14.2 Å². The van der Waals surface area contributed by atoms with Gasteiger partial charge in [0.05, 0.1) is 31.5 Å². The molecule has 0 radical (unpaired) electrons. The minimum Gasteiger partial charge on any atom is -0.391 e. The van der Waals surface area contributed by atoms with Gasteiger partial charge in [0.15, 0.2) is 0 Å². The predicted molar refractivity (Wildman–Crippen MR) is 68.6 cm³/mol. The molecular weight excluding hydrogens is 232 g/mol. The van der Waals surface area contributed by atoms with E-state index < -0.39 is 0 Å². The Bertz CT molecular complexity index is 204. The van der Waals surface area contributed by atoms with Gasteiger partial charge in [-0.2, -0.15) is 0 Å². The summed E-state index contributed by atoms with van der Waals surface area (Å²) in [6.45, 7) is 2.29. The Hall–Kier alpha value is -0.160. The van der Waals surface area contributed by atoms with E-state index in [0.717, 1.165) is 6.42 Å². The molecule has 0 aromatic heterocycles. The third kappa shape index (κ3) is 5.22. The van der Waals surface area contributed by atoms with Crippen LogP contribution in [0.25, 0.3) is 0 Å². The van der Waals surface area contributed by atoms with E-state index in [4.69, 9.17) is 14.2 Å². The van der Waals surface area contributed by atoms with Crippen molar-refractivity contribution in [3.8, 4) is 0 Å². The summed E-state index contributed by atoms with van der Waals surface area (Å²) in [6, 6.07) is 0. The topological polar surface area (TPSA) is 47.9 Å². The largest absolute Gasteiger partial charge is 0.391 e. The van der Waals surface area contributed by atoms with Crippen LogP contribution < -0.4 is 0 Å². The zero-order valence-electron chi connectivity index (χ0n) is 11.2. The standard InChI is InChI=1S/C14H26O4/c15-12-6-8-17-11-14(7-9-16-10-12)18-13-4-2-1-3-5-13/h12-15H,1-11H2. The normalized spacial score (nSPS) is 33.2. The quantitative estimate of drug-likeness (QED) is 0.821. The summed E-state index contributed by atoms with van der Waals surface area (Å²) in [7, 11) is 0. The maximum Gasteiger partial charge on any atom is 0.0834 e. The van der Waals surface area contributed by atoms with Crippen molar-refractivity contribution in [3.05, 3.63) is 0 Å². The van der Waals surface area contributed by atoms with Crippen LogP contribution in [0.2, 0.25) is 0 Å². The van der Waals surface area contributed by atoms with Gasteiger partial charge in [0.25, 0.3) is 0 Å². The van der Waals surface area contributed by atoms with Gasteiger partial charge in [-0.05, 0) is 25.7 Å². The number of aliphatic hydroxyl groups excluding tert-OH is 1. The number of hydrogen-bond acceptors (Lipinski definition) is 4. The van der Waals surface area contributed by atoms with Gasteiger partial charge in [-0.3, -0.25) is 0 Å². The molecule has 1 aliphatic carbocycles. The summed E-state index contributed by atoms with van der Waals surface area (Å²) < 4.78 is 17.2. The van der Waals surface area contributed by atoms with E-state index >= 15 is 0 Å². The van der Waals surface area contributed by atoms with Crippen LogP contribution in [0.15, 0.2) is 0 Å². The summed E-state index contributed by atoms with van der Waals surface area (Å²) in [4.78, 5) is 0. The fourth-order valence-corrected chi connectivity index (χ4v) is 2.62. The molecule has 0 aromatic rings. The first-order valence-electron chi connectivity index (χ1n) is 7.33. The van der Waals surface area contributed by atoms with Gasteiger partial charge in [-0.25, -0.2) is 0 Å². The fourth-order valence-electron chi connectivity index (χ4n) is 2.62. The van der Waals surface area contributed by atoms with E-state index in [-0.39, 0.29) is 12.2 Å². The Morgan fingerprint density at radius 1 is 0.778 bits per heavy atom. The van der Waals surface area contributed by atoms with Gasteiger partial charge in [0.2, 0.25) is 0 Å². The van der Waals surface area contributed by atoms with Gasteiger partial charge in [0, 0.05) is 13.2 Å². The van der Waals surface area contributed by atoms with Crippen LogP contribution in [0.3, 0.4) is 0 Å². The van der Waals surface area contributed by atoms with Crippen LogP contribution in [0.5, 0.6) is 0 Å². The molecule has 2 rings (SSSR count). The predicted octanol–water partition coefficient (Wildman–Crippen LogP) is 1.89. The lowest BCUT2D eigenvalue weighted by Gasteiger charge is -2.28. The van der Waals surface area contributed by atoms with E-state index in [1.54, 1.807) is 0 Å². The zero-order valence-corrected chi connectivity index (χ0v) is 11.2. The van der Waals surface area contributed by atoms with Crippen molar-refractivity contribution in [2.24, 2.45) is 0 Å². The molecule has 2 fully saturated rings. The first-order chi connectivity index (χ1) is 8.84. The van der Waals surface area contributed by atoms with Crippen molar-refractivity contribution in [1.82, 2.24) is 0 Å². The van der Waals surface area contributed by atoms with Crippen LogP contribution in [0.4, 0.5) is 0 Å². The molecule has 1 saturated carbocycles. The molecule has 4 heteroatoms. The number of rotatable bonds is 2. The maximum atomic E-state index is 9.52. The second-order valence-electron chi connectivity index (χ2n) is 5.40. The van der Waals surface area contributed by atoms with Gasteiger partial charge >= 0.3 is 0 Å². The Kier molecular flexibility index (Phi) is 6.41. The van der Waals surface area contributed by atoms with E-state index in [2.05, 4.69) is 0 Å². The Labute approximate surface area is 110 Å². The van der Waals surface area contributed by atoms with Crippen molar-refractivity contribution < 1.29 is 19.3 Å². The Balaban J connectivity index is 1.72. The van der Waals surface area contributed by atoms with Gasteiger partial charge < -0.3 is 19.3 Å². The molecule has 4 nitrogen and oxygen atoms in total. The van der Waals surface area contributed by atoms with Crippen LogP contribution in [-0.4, -0.2) is 49.8 Å². The Morgan fingerprint density at radius 2 is 1.50 bits per heavy atom. The summed E-state index contributed by atoms with van der Waals surface area (Å²) in [5.74, 6) is 0. The first-order valence-corrected chi connectivity index (χ1v) is 7.33. The SMILES string of the molecule is OC1CCOCC(OC2CCCCC2)CCOC1. The lowest BCUT2D eigenvalue weighted by Crippen LogP contribution is -2.31. The highest BCUT2D eigenvalue weighted by atomic mass is 16.5. The van der Waals surface area contributed by atoms with Gasteiger partial charge in [-0.15, -0.1) is 0 Å². The lowest BCUT2D eigenvalue weighted by molar-refractivity contribution is -0.0936. The van der Waals surface area contributed by atoms with Gasteiger partial charge in [0.1, 0.15) is 0 Å². The molecule has 0 spiro atoms. The molecule has 2 unspecified atom stereocenters. The zero-order chi connectivity index (χ0) is 12.6. The smallest absolute Gasteiger partial charge is 0.0834 e. The van der Waals surface area contributed by atoms with E-state index in [1.807, 2.05) is 0 Å². The third-order valence-corrected chi connectivity index (χ3v) is 3.73. The van der Waals surface area contributed by atoms with Crippen molar-refractivity contribution in [1.29, 1.82) is 0 Å². The molecule has 2 aliphatic rings. The van der Waals surface area contributed by atoms with Crippen LogP contribution in [0, 0.1) is 0 Å². The van der Waals surface area contributed by atoms with Crippen molar-refractivity contribution in [2.75, 3.05) is 26.4 Å². The summed E-state index contributed by atoms with van der Waals surface area (Å²) in [5.41, 5.74) is 0. The monoisotopic (exact) mass is 258 g/mol. The third-order valence-electron chi connectivity index (χ3n) is 3.73. The average molecular weight is 258 g/mol. The Morgan fingerprint density at radius 3 is 2.33 bits per heavy atom. The minimum absolute atomic E-state index is 0.156. The van der Waals surface area contributed by atoms with Gasteiger partial charge in [-0.1, -0.05) is 19.3 Å². The molecule has 0 amide bonds. The van der Waals surface area contributed by atoms with Crippen molar-refractivity contribution >= 4 is 0 Å². The molecule has 1 saturated heterocycles. The van der Waals surface area contributed by atoms with Crippen LogP contribution >= 0.6 is 0 Å². The van der Waals surface area contributed by atoms with E-state index in [0.29, 0.717) is 39.0 Å². The molecule has 106 valence electrons. The molecule has 2 atom stereocenters. The molecule has 0 aromatic carbocycles. The maximum absolute atomic E-state index is 9.52. The number of aliphatic hydroxyl groups is 1. The van der Waals surface area contributed by atoms with Crippen molar-refractivity contribution in [2.45, 2.75) is 63.3 Å². The first kappa shape index (κ1) is 14.3. The molecule has 1 heterocycles. The highest BCUT2D eigenvalue weighted by molar-refractivity contribution is 4.69. The number of hydrogen-bond donors (Lipinski definition) is 1. The molecular formula is C14H26O4. The summed E-state index contributed by atoms with van der Waals surface area (Å²) in [5, 5.41) is 9.52. The summed E-state index contributed by atoms with van der Waals surface area (Å²) in [6.07, 6.45) is 8.01. The molecule has 1 N–H and O–H groups in total. The molecule has 1 aliphatic heterocycles. The molecule has 0 bridgehead atoms. The van der Waals surface area contributed by atoms with Crippen LogP contribution in [0.1, 0.15) is 44.9 Å². The second-order valence-corrected chi connectivity index (χ2v) is 5.40. The lowest BCUT2D eigenvalue weighted by atomic mass is 9.97. The van der Waals surface area contributed by atoms with Crippen molar-refractivity contribution in [3.63, 3.8) is 0 Å².